The molecule has 1 saturated carbocycles. The van der Waals surface area contributed by atoms with E-state index in [1.807, 2.05) is 12.1 Å². The van der Waals surface area contributed by atoms with Crippen molar-refractivity contribution in [3.63, 3.8) is 0 Å². The van der Waals surface area contributed by atoms with Gasteiger partial charge in [0.05, 0.1) is 11.0 Å². The fraction of sp³-hybridized carbons (Fsp3) is 0.640. The summed E-state index contributed by atoms with van der Waals surface area (Å²) < 4.78 is 3.27. The number of nitrogens with one attached hydrogen (secondary N) is 1. The summed E-state index contributed by atoms with van der Waals surface area (Å²) >= 11 is 0. The van der Waals surface area contributed by atoms with Gasteiger partial charge in [-0.05, 0) is 81.5 Å². The number of carbonyl (C=O) groups excluding carboxylic acids is 2. The van der Waals surface area contributed by atoms with Crippen LogP contribution in [0.25, 0.3) is 11.0 Å². The molecule has 1 atom stereocenters. The van der Waals surface area contributed by atoms with E-state index in [9.17, 15) is 14.4 Å². The van der Waals surface area contributed by atoms with Gasteiger partial charge in [0.2, 0.25) is 11.8 Å². The summed E-state index contributed by atoms with van der Waals surface area (Å²) in [6.45, 7) is 3.32. The van der Waals surface area contributed by atoms with E-state index in [0.717, 1.165) is 55.7 Å². The minimum atomic E-state index is -0.639. The third-order valence-electron chi connectivity index (χ3n) is 8.09. The second-order valence-corrected chi connectivity index (χ2v) is 10.2. The molecule has 8 heteroatoms. The highest BCUT2D eigenvalue weighted by atomic mass is 16.2. The molecule has 1 aliphatic carbocycles. The van der Waals surface area contributed by atoms with Crippen molar-refractivity contribution < 1.29 is 9.59 Å². The highest BCUT2D eigenvalue weighted by Gasteiger charge is 2.33. The molecule has 8 nitrogen and oxygen atoms in total. The van der Waals surface area contributed by atoms with Gasteiger partial charge in [0.1, 0.15) is 6.04 Å². The largest absolute Gasteiger partial charge is 0.329 e. The quantitative estimate of drug-likeness (QED) is 0.690. The van der Waals surface area contributed by atoms with Gasteiger partial charge in [0.15, 0.2) is 0 Å². The number of nitrogens with zero attached hydrogens (tertiary/aromatic N) is 3. The number of likely N-dealkylation sites (tertiary alicyclic amines) is 1. The van der Waals surface area contributed by atoms with Crippen LogP contribution < -0.4 is 16.7 Å². The van der Waals surface area contributed by atoms with Gasteiger partial charge in [-0.2, -0.15) is 0 Å². The molecule has 2 aliphatic heterocycles. The maximum absolute atomic E-state index is 13.2. The minimum absolute atomic E-state index is 0.195. The number of imidazole rings is 1. The Morgan fingerprint density at radius 3 is 2.42 bits per heavy atom. The van der Waals surface area contributed by atoms with Crippen molar-refractivity contribution >= 4 is 22.8 Å². The lowest BCUT2D eigenvalue weighted by atomic mass is 9.84. The summed E-state index contributed by atoms with van der Waals surface area (Å²) in [5.74, 6) is 0.511. The zero-order valence-corrected chi connectivity index (χ0v) is 19.5. The Kier molecular flexibility index (Phi) is 6.14. The first-order chi connectivity index (χ1) is 15.9. The molecular formula is C25H35N5O3. The van der Waals surface area contributed by atoms with Crippen LogP contribution in [0.15, 0.2) is 23.0 Å². The SMILES string of the molecule is Cn1c(=O)n(C2CCC(=O)NC2=O)c2cccc(C3CCN(C[C@H]4CC[C@H](N)CC4)CC3)c21. The molecule has 178 valence electrons. The summed E-state index contributed by atoms with van der Waals surface area (Å²) in [6.07, 6.45) is 7.56. The fourth-order valence-corrected chi connectivity index (χ4v) is 6.19. The molecule has 1 unspecified atom stereocenters. The second-order valence-electron chi connectivity index (χ2n) is 10.2. The molecule has 3 heterocycles. The summed E-state index contributed by atoms with van der Waals surface area (Å²) in [5, 5.41) is 2.39. The van der Waals surface area contributed by atoms with E-state index in [0.29, 0.717) is 18.4 Å². The van der Waals surface area contributed by atoms with E-state index in [1.165, 1.54) is 24.9 Å². The van der Waals surface area contributed by atoms with Crippen LogP contribution in [0.2, 0.25) is 0 Å². The Balaban J connectivity index is 1.35. The third kappa shape index (κ3) is 4.26. The number of nitrogens with two attached hydrogens (primary N) is 1. The van der Waals surface area contributed by atoms with E-state index in [-0.39, 0.29) is 23.9 Å². The Morgan fingerprint density at radius 2 is 1.73 bits per heavy atom. The Labute approximate surface area is 194 Å². The predicted octanol–water partition coefficient (Wildman–Crippen LogP) is 2.01. The number of fused-ring (bicyclic) bond motifs is 1. The van der Waals surface area contributed by atoms with Crippen LogP contribution in [0.3, 0.4) is 0 Å². The maximum Gasteiger partial charge on any atom is 0.329 e. The number of amides is 2. The number of rotatable bonds is 4. The lowest BCUT2D eigenvalue weighted by Gasteiger charge is -2.36. The number of piperidine rings is 2. The molecule has 2 saturated heterocycles. The van der Waals surface area contributed by atoms with Crippen LogP contribution in [0.4, 0.5) is 0 Å². The number of hydrogen-bond donors (Lipinski definition) is 2. The molecule has 2 aromatic rings. The first-order valence-corrected chi connectivity index (χ1v) is 12.4. The Hall–Kier alpha value is -2.45. The summed E-state index contributed by atoms with van der Waals surface area (Å²) in [7, 11) is 1.79. The normalized spacial score (nSPS) is 27.8. The van der Waals surface area contributed by atoms with E-state index < -0.39 is 6.04 Å². The van der Waals surface area contributed by atoms with Crippen LogP contribution in [-0.4, -0.2) is 51.5 Å². The zero-order chi connectivity index (χ0) is 23.1. The molecule has 3 fully saturated rings. The van der Waals surface area contributed by atoms with Gasteiger partial charge in [-0.15, -0.1) is 0 Å². The van der Waals surface area contributed by atoms with Gasteiger partial charge in [-0.3, -0.25) is 24.0 Å². The van der Waals surface area contributed by atoms with E-state index in [4.69, 9.17) is 5.73 Å². The van der Waals surface area contributed by atoms with Crippen LogP contribution in [0.1, 0.15) is 68.9 Å². The number of hydrogen-bond acceptors (Lipinski definition) is 5. The zero-order valence-electron chi connectivity index (χ0n) is 19.5. The number of carbonyl (C=O) groups is 2. The molecule has 1 aromatic carbocycles. The number of imide groups is 1. The maximum atomic E-state index is 13.2. The van der Waals surface area contributed by atoms with Crippen molar-refractivity contribution in [3.8, 4) is 0 Å². The average Bonchev–Trinajstić information content (AvgIpc) is 3.06. The van der Waals surface area contributed by atoms with Gasteiger partial charge in [-0.1, -0.05) is 12.1 Å². The van der Waals surface area contributed by atoms with E-state index in [2.05, 4.69) is 16.3 Å². The van der Waals surface area contributed by atoms with Crippen LogP contribution in [0, 0.1) is 5.92 Å². The smallest absolute Gasteiger partial charge is 0.328 e. The van der Waals surface area contributed by atoms with Crippen LogP contribution in [0.5, 0.6) is 0 Å². The van der Waals surface area contributed by atoms with Crippen LogP contribution >= 0.6 is 0 Å². The van der Waals surface area contributed by atoms with Crippen molar-refractivity contribution in [1.82, 2.24) is 19.4 Å². The summed E-state index contributed by atoms with van der Waals surface area (Å²) in [4.78, 5) is 39.9. The van der Waals surface area contributed by atoms with Crippen LogP contribution in [-0.2, 0) is 16.6 Å². The highest BCUT2D eigenvalue weighted by Crippen LogP contribution is 2.35. The molecule has 33 heavy (non-hydrogen) atoms. The van der Waals surface area contributed by atoms with E-state index >= 15 is 0 Å². The third-order valence-corrected chi connectivity index (χ3v) is 8.09. The average molecular weight is 454 g/mol. The first-order valence-electron chi connectivity index (χ1n) is 12.4. The van der Waals surface area contributed by atoms with Crippen molar-refractivity contribution in [3.05, 3.63) is 34.2 Å². The number of para-hydroxylation sites is 1. The van der Waals surface area contributed by atoms with Crippen molar-refractivity contribution in [2.24, 2.45) is 18.7 Å². The molecule has 0 spiro atoms. The molecule has 0 bridgehead atoms. The Bertz CT molecular complexity index is 1100. The molecule has 3 aliphatic rings. The topological polar surface area (TPSA) is 102 Å². The fourth-order valence-electron chi connectivity index (χ4n) is 6.19. The van der Waals surface area contributed by atoms with Crippen molar-refractivity contribution in [1.29, 1.82) is 0 Å². The molecule has 1 aromatic heterocycles. The van der Waals surface area contributed by atoms with Gasteiger partial charge in [-0.25, -0.2) is 4.79 Å². The summed E-state index contributed by atoms with van der Waals surface area (Å²) in [5.41, 5.74) is 8.78. The number of aromatic nitrogens is 2. The van der Waals surface area contributed by atoms with Crippen molar-refractivity contribution in [2.75, 3.05) is 19.6 Å². The molecule has 3 N–H and O–H groups in total. The highest BCUT2D eigenvalue weighted by molar-refractivity contribution is 6.00. The van der Waals surface area contributed by atoms with Crippen molar-refractivity contribution in [2.45, 2.75) is 69.4 Å². The predicted molar refractivity (Wildman–Crippen MR) is 127 cm³/mol. The lowest BCUT2D eigenvalue weighted by Crippen LogP contribution is -2.44. The van der Waals surface area contributed by atoms with Gasteiger partial charge in [0, 0.05) is 26.1 Å². The number of benzene rings is 1. The second kappa shape index (κ2) is 9.06. The van der Waals surface area contributed by atoms with Gasteiger partial charge >= 0.3 is 5.69 Å². The van der Waals surface area contributed by atoms with E-state index in [1.54, 1.807) is 16.2 Å². The standard InChI is InChI=1S/C25H35N5O3/c1-28-23-19(17-11-13-29(14-12-17)15-16-5-7-18(26)8-6-16)3-2-4-20(23)30(25(28)33)21-9-10-22(31)27-24(21)32/h2-4,16-18,21H,5-15,26H2,1H3,(H,27,31,32)/t16-,18-,21?. The number of aryl methyl sites for hydroxylation is 1. The first kappa shape index (κ1) is 22.3. The molecule has 2 amide bonds. The summed E-state index contributed by atoms with van der Waals surface area (Å²) in [6, 6.07) is 5.81. The molecular weight excluding hydrogens is 418 g/mol. The monoisotopic (exact) mass is 453 g/mol. The Morgan fingerprint density at radius 1 is 1.00 bits per heavy atom. The van der Waals surface area contributed by atoms with Gasteiger partial charge in [0.25, 0.3) is 0 Å². The minimum Gasteiger partial charge on any atom is -0.328 e. The molecule has 0 radical (unpaired) electrons. The molecule has 5 rings (SSSR count). The van der Waals surface area contributed by atoms with Gasteiger partial charge < -0.3 is 10.6 Å². The lowest BCUT2D eigenvalue weighted by molar-refractivity contribution is -0.135.